The van der Waals surface area contributed by atoms with Crippen LogP contribution in [-0.2, 0) is 16.4 Å². The summed E-state index contributed by atoms with van der Waals surface area (Å²) in [6.07, 6.45) is 0.763. The number of sulfonamides is 1. The van der Waals surface area contributed by atoms with Gasteiger partial charge in [0, 0.05) is 30.0 Å². The lowest BCUT2D eigenvalue weighted by Crippen LogP contribution is -2.44. The number of benzene rings is 1. The van der Waals surface area contributed by atoms with Crippen molar-refractivity contribution in [1.82, 2.24) is 4.31 Å². The highest BCUT2D eigenvalue weighted by Crippen LogP contribution is 2.24. The predicted octanol–water partition coefficient (Wildman–Crippen LogP) is 2.59. The molecule has 6 heteroatoms. The highest BCUT2D eigenvalue weighted by atomic mass is 35.5. The maximum atomic E-state index is 12.6. The molecule has 0 saturated carbocycles. The van der Waals surface area contributed by atoms with E-state index in [9.17, 15) is 8.42 Å². The van der Waals surface area contributed by atoms with Gasteiger partial charge in [0.05, 0.1) is 4.90 Å². The van der Waals surface area contributed by atoms with Gasteiger partial charge in [-0.3, -0.25) is 0 Å². The maximum absolute atomic E-state index is 12.6. The van der Waals surface area contributed by atoms with Gasteiger partial charge in [-0.25, -0.2) is 8.42 Å². The summed E-state index contributed by atoms with van der Waals surface area (Å²) in [6, 6.07) is 7.13. The van der Waals surface area contributed by atoms with Crippen molar-refractivity contribution < 1.29 is 8.42 Å². The van der Waals surface area contributed by atoms with Crippen molar-refractivity contribution >= 4 is 33.4 Å². The highest BCUT2D eigenvalue weighted by molar-refractivity contribution is 7.99. The zero-order chi connectivity index (χ0) is 13.9. The molecule has 1 heterocycles. The number of alkyl halides is 1. The SMILES string of the molecule is CC1CSCCN1S(=O)(=O)c1ccc(CCCl)cc1. The number of thioether (sulfide) groups is 1. The second-order valence-electron chi connectivity index (χ2n) is 4.62. The third kappa shape index (κ3) is 3.45. The quantitative estimate of drug-likeness (QED) is 0.801. The van der Waals surface area contributed by atoms with E-state index in [1.165, 1.54) is 0 Å². The molecule has 0 aliphatic carbocycles. The Bertz CT molecular complexity index is 516. The summed E-state index contributed by atoms with van der Waals surface area (Å²) in [6.45, 7) is 2.56. The van der Waals surface area contributed by atoms with E-state index in [0.717, 1.165) is 23.5 Å². The van der Waals surface area contributed by atoms with Crippen LogP contribution in [0.5, 0.6) is 0 Å². The molecule has 0 N–H and O–H groups in total. The first-order chi connectivity index (χ1) is 9.05. The van der Waals surface area contributed by atoms with Gasteiger partial charge in [-0.2, -0.15) is 16.1 Å². The molecular formula is C13H18ClNO2S2. The van der Waals surface area contributed by atoms with E-state index in [4.69, 9.17) is 11.6 Å². The lowest BCUT2D eigenvalue weighted by molar-refractivity contribution is 0.367. The van der Waals surface area contributed by atoms with Crippen molar-refractivity contribution in [3.63, 3.8) is 0 Å². The summed E-state index contributed by atoms with van der Waals surface area (Å²) in [5, 5.41) is 0. The fourth-order valence-electron chi connectivity index (χ4n) is 2.14. The second-order valence-corrected chi connectivity index (χ2v) is 8.04. The topological polar surface area (TPSA) is 37.4 Å². The van der Waals surface area contributed by atoms with Crippen LogP contribution in [0.1, 0.15) is 12.5 Å². The molecule has 1 aliphatic rings. The summed E-state index contributed by atoms with van der Waals surface area (Å²) in [4.78, 5) is 0.379. The molecule has 0 radical (unpaired) electrons. The van der Waals surface area contributed by atoms with Crippen molar-refractivity contribution in [3.05, 3.63) is 29.8 Å². The molecule has 0 amide bonds. The number of halogens is 1. The fourth-order valence-corrected chi connectivity index (χ4v) is 5.21. The Kier molecular flexibility index (Phi) is 5.17. The summed E-state index contributed by atoms with van der Waals surface area (Å²) in [5.74, 6) is 2.28. The van der Waals surface area contributed by atoms with Gasteiger partial charge < -0.3 is 0 Å². The van der Waals surface area contributed by atoms with Crippen molar-refractivity contribution in [2.75, 3.05) is 23.9 Å². The van der Waals surface area contributed by atoms with Crippen LogP contribution < -0.4 is 0 Å². The second kappa shape index (κ2) is 6.48. The molecule has 1 atom stereocenters. The molecule has 1 aromatic rings. The van der Waals surface area contributed by atoms with E-state index in [1.54, 1.807) is 28.2 Å². The van der Waals surface area contributed by atoms with Crippen molar-refractivity contribution in [3.8, 4) is 0 Å². The molecule has 0 aromatic heterocycles. The Morgan fingerprint density at radius 3 is 2.63 bits per heavy atom. The summed E-state index contributed by atoms with van der Waals surface area (Å²) < 4.78 is 26.7. The van der Waals surface area contributed by atoms with Gasteiger partial charge in [0.25, 0.3) is 0 Å². The number of hydrogen-bond acceptors (Lipinski definition) is 3. The van der Waals surface area contributed by atoms with Gasteiger partial charge in [-0.05, 0) is 31.0 Å². The van der Waals surface area contributed by atoms with Crippen LogP contribution in [0, 0.1) is 0 Å². The van der Waals surface area contributed by atoms with Crippen LogP contribution in [0.15, 0.2) is 29.2 Å². The standard InChI is InChI=1S/C13H18ClNO2S2/c1-11-10-18-9-8-15(11)19(16,17)13-4-2-12(3-5-13)6-7-14/h2-5,11H,6-10H2,1H3. The van der Waals surface area contributed by atoms with E-state index in [2.05, 4.69) is 0 Å². The molecule has 1 fully saturated rings. The average molecular weight is 320 g/mol. The van der Waals surface area contributed by atoms with Gasteiger partial charge in [-0.15, -0.1) is 11.6 Å². The van der Waals surface area contributed by atoms with E-state index in [1.807, 2.05) is 19.1 Å². The molecule has 0 bridgehead atoms. The first kappa shape index (κ1) is 15.2. The molecular weight excluding hydrogens is 302 g/mol. The lowest BCUT2D eigenvalue weighted by atomic mass is 10.2. The molecule has 1 unspecified atom stereocenters. The minimum atomic E-state index is -3.36. The van der Waals surface area contributed by atoms with Gasteiger partial charge in [0.15, 0.2) is 0 Å². The van der Waals surface area contributed by atoms with Crippen molar-refractivity contribution in [1.29, 1.82) is 0 Å². The highest BCUT2D eigenvalue weighted by Gasteiger charge is 2.30. The summed E-state index contributed by atoms with van der Waals surface area (Å²) in [7, 11) is -3.36. The van der Waals surface area contributed by atoms with E-state index < -0.39 is 10.0 Å². The van der Waals surface area contributed by atoms with Crippen LogP contribution in [-0.4, -0.2) is 42.7 Å². The largest absolute Gasteiger partial charge is 0.243 e. The van der Waals surface area contributed by atoms with Crippen LogP contribution in [0.25, 0.3) is 0 Å². The van der Waals surface area contributed by atoms with Crippen LogP contribution in [0.2, 0.25) is 0 Å². The minimum Gasteiger partial charge on any atom is -0.207 e. The smallest absolute Gasteiger partial charge is 0.207 e. The Morgan fingerprint density at radius 2 is 2.05 bits per heavy atom. The lowest BCUT2D eigenvalue weighted by Gasteiger charge is -2.31. The minimum absolute atomic E-state index is 0.0614. The molecule has 106 valence electrons. The normalized spacial score (nSPS) is 21.5. The maximum Gasteiger partial charge on any atom is 0.243 e. The Morgan fingerprint density at radius 1 is 1.37 bits per heavy atom. The first-order valence-electron chi connectivity index (χ1n) is 6.30. The van der Waals surface area contributed by atoms with Gasteiger partial charge in [0.2, 0.25) is 10.0 Å². The number of hydrogen-bond donors (Lipinski definition) is 0. The third-order valence-electron chi connectivity index (χ3n) is 3.22. The van der Waals surface area contributed by atoms with Crippen LogP contribution >= 0.6 is 23.4 Å². The van der Waals surface area contributed by atoms with Crippen LogP contribution in [0.3, 0.4) is 0 Å². The van der Waals surface area contributed by atoms with E-state index >= 15 is 0 Å². The molecule has 1 aliphatic heterocycles. The Hall–Kier alpha value is -0.230. The molecule has 3 nitrogen and oxygen atoms in total. The van der Waals surface area contributed by atoms with E-state index in [-0.39, 0.29) is 6.04 Å². The summed E-state index contributed by atoms with van der Waals surface area (Å²) >= 11 is 7.48. The Balaban J connectivity index is 2.23. The van der Waals surface area contributed by atoms with Gasteiger partial charge in [0.1, 0.15) is 0 Å². The molecule has 1 saturated heterocycles. The van der Waals surface area contributed by atoms with Crippen LogP contribution in [0.4, 0.5) is 0 Å². The number of rotatable bonds is 4. The van der Waals surface area contributed by atoms with Gasteiger partial charge in [-0.1, -0.05) is 12.1 Å². The Labute approximate surface area is 124 Å². The molecule has 19 heavy (non-hydrogen) atoms. The average Bonchev–Trinajstić information content (AvgIpc) is 2.40. The fraction of sp³-hybridized carbons (Fsp3) is 0.538. The molecule has 1 aromatic carbocycles. The van der Waals surface area contributed by atoms with E-state index in [0.29, 0.717) is 17.3 Å². The van der Waals surface area contributed by atoms with Crippen molar-refractivity contribution in [2.45, 2.75) is 24.3 Å². The van der Waals surface area contributed by atoms with Gasteiger partial charge >= 0.3 is 0 Å². The van der Waals surface area contributed by atoms with Crippen molar-refractivity contribution in [2.24, 2.45) is 0 Å². The monoisotopic (exact) mass is 319 g/mol. The zero-order valence-electron chi connectivity index (χ0n) is 10.9. The predicted molar refractivity (Wildman–Crippen MR) is 81.5 cm³/mol. The summed E-state index contributed by atoms with van der Waals surface area (Å²) in [5.41, 5.74) is 1.07. The third-order valence-corrected chi connectivity index (χ3v) is 6.63. The molecule has 2 rings (SSSR count). The molecule has 0 spiro atoms. The first-order valence-corrected chi connectivity index (χ1v) is 9.43. The number of nitrogens with zero attached hydrogens (tertiary/aromatic N) is 1. The number of aryl methyl sites for hydroxylation is 1. The zero-order valence-corrected chi connectivity index (χ0v) is 13.3.